The topological polar surface area (TPSA) is 29.1 Å². The van der Waals surface area contributed by atoms with Crippen molar-refractivity contribution < 1.29 is 4.79 Å². The molecule has 2 saturated carbocycles. The molecule has 2 aliphatic carbocycles. The summed E-state index contributed by atoms with van der Waals surface area (Å²) in [5.41, 5.74) is 0.574. The molecule has 0 amide bonds. The Morgan fingerprint density at radius 2 is 1.50 bits per heavy atom. The van der Waals surface area contributed by atoms with Crippen molar-refractivity contribution in [2.24, 2.45) is 17.8 Å². The molecule has 0 aromatic rings. The van der Waals surface area contributed by atoms with E-state index < -0.39 is 0 Å². The summed E-state index contributed by atoms with van der Waals surface area (Å²) in [5.74, 6) is 3.23. The Morgan fingerprint density at radius 3 is 1.92 bits per heavy atom. The summed E-state index contributed by atoms with van der Waals surface area (Å²) in [6.45, 7) is 7.28. The van der Waals surface area contributed by atoms with E-state index in [0.29, 0.717) is 5.57 Å². The number of rotatable bonds is 7. The third-order valence-corrected chi connectivity index (χ3v) is 6.16. The second kappa shape index (κ2) is 12.7. The molecule has 2 aliphatic rings. The number of carbonyl (C=O) groups is 1. The van der Waals surface area contributed by atoms with E-state index in [1.807, 2.05) is 0 Å². The van der Waals surface area contributed by atoms with Crippen LogP contribution < -0.4 is 5.32 Å². The lowest BCUT2D eigenvalue weighted by Gasteiger charge is -2.38. The lowest BCUT2D eigenvalue weighted by molar-refractivity contribution is -0.104. The minimum atomic E-state index is 0.574. The summed E-state index contributed by atoms with van der Waals surface area (Å²) >= 11 is 0. The van der Waals surface area contributed by atoms with E-state index in [4.69, 9.17) is 0 Å². The van der Waals surface area contributed by atoms with Gasteiger partial charge in [-0.1, -0.05) is 52.0 Å². The van der Waals surface area contributed by atoms with Gasteiger partial charge in [-0.25, -0.2) is 0 Å². The van der Waals surface area contributed by atoms with Gasteiger partial charge in [0, 0.05) is 6.04 Å². The van der Waals surface area contributed by atoms with Crippen molar-refractivity contribution in [2.45, 2.75) is 96.9 Å². The van der Waals surface area contributed by atoms with Gasteiger partial charge in [0.25, 0.3) is 0 Å². The molecule has 0 bridgehead atoms. The zero-order valence-electron chi connectivity index (χ0n) is 16.5. The number of hydrogen-bond donors (Lipinski definition) is 1. The van der Waals surface area contributed by atoms with Crippen LogP contribution in [0.4, 0.5) is 0 Å². The zero-order valence-corrected chi connectivity index (χ0v) is 16.5. The number of aldehydes is 1. The highest BCUT2D eigenvalue weighted by molar-refractivity contribution is 5.70. The number of hydrogen-bond acceptors (Lipinski definition) is 2. The van der Waals surface area contributed by atoms with Gasteiger partial charge in [-0.2, -0.15) is 0 Å². The van der Waals surface area contributed by atoms with Crippen LogP contribution in [0.3, 0.4) is 0 Å². The second-order valence-corrected chi connectivity index (χ2v) is 8.14. The van der Waals surface area contributed by atoms with Gasteiger partial charge in [0.05, 0.1) is 0 Å². The molecule has 2 nitrogen and oxygen atoms in total. The first-order chi connectivity index (χ1) is 11.6. The van der Waals surface area contributed by atoms with Crippen molar-refractivity contribution in [2.75, 3.05) is 7.05 Å². The molecule has 0 aromatic carbocycles. The number of unbranched alkanes of at least 4 members (excludes halogenated alkanes) is 2. The van der Waals surface area contributed by atoms with Gasteiger partial charge < -0.3 is 5.32 Å². The summed E-state index contributed by atoms with van der Waals surface area (Å²) in [5, 5.41) is 3.46. The summed E-state index contributed by atoms with van der Waals surface area (Å²) in [6, 6.07) is 0.821. The molecule has 24 heavy (non-hydrogen) atoms. The lowest BCUT2D eigenvalue weighted by atomic mass is 9.69. The van der Waals surface area contributed by atoms with Crippen LogP contribution in [0.1, 0.15) is 90.9 Å². The third-order valence-electron chi connectivity index (χ3n) is 6.16. The molecule has 1 N–H and O–H groups in total. The molecule has 0 spiro atoms. The highest BCUT2D eigenvalue weighted by atomic mass is 16.1. The Labute approximate surface area is 150 Å². The van der Waals surface area contributed by atoms with Gasteiger partial charge in [-0.3, -0.25) is 4.79 Å². The molecule has 2 heteroatoms. The Hall–Kier alpha value is -0.630. The predicted octanol–water partition coefficient (Wildman–Crippen LogP) is 5.91. The molecule has 0 atom stereocenters. The fraction of sp³-hybridized carbons (Fsp3) is 0.864. The molecular weight excluding hydrogens is 294 g/mol. The first kappa shape index (κ1) is 21.4. The number of carbonyl (C=O) groups excluding carboxylic acids is 1. The highest BCUT2D eigenvalue weighted by Gasteiger charge is 2.30. The molecule has 0 heterocycles. The van der Waals surface area contributed by atoms with Gasteiger partial charge in [0.15, 0.2) is 0 Å². The second-order valence-electron chi connectivity index (χ2n) is 8.14. The van der Waals surface area contributed by atoms with Crippen LogP contribution in [0.15, 0.2) is 12.2 Å². The Balaban J connectivity index is 0.000000505. The van der Waals surface area contributed by atoms with Crippen LogP contribution in [0.25, 0.3) is 0 Å². The van der Waals surface area contributed by atoms with Crippen molar-refractivity contribution >= 4 is 6.29 Å². The van der Waals surface area contributed by atoms with Crippen molar-refractivity contribution in [1.29, 1.82) is 0 Å². The Morgan fingerprint density at radius 1 is 1.00 bits per heavy atom. The average molecular weight is 336 g/mol. The van der Waals surface area contributed by atoms with Crippen molar-refractivity contribution in [3.8, 4) is 0 Å². The average Bonchev–Trinajstić information content (AvgIpc) is 2.63. The zero-order chi connectivity index (χ0) is 17.8. The number of allylic oxidation sites excluding steroid dienone is 1. The minimum absolute atomic E-state index is 0.574. The molecule has 0 aliphatic heterocycles. The van der Waals surface area contributed by atoms with E-state index in [2.05, 4.69) is 25.9 Å². The quantitative estimate of drug-likeness (QED) is 0.356. The normalized spacial score (nSPS) is 30.1. The first-order valence-corrected chi connectivity index (χ1v) is 10.4. The lowest BCUT2D eigenvalue weighted by Crippen LogP contribution is -2.33. The predicted molar refractivity (Wildman–Crippen MR) is 105 cm³/mol. The van der Waals surface area contributed by atoms with Crippen molar-refractivity contribution in [3.05, 3.63) is 12.2 Å². The van der Waals surface area contributed by atoms with Gasteiger partial charge in [0.1, 0.15) is 6.29 Å². The minimum Gasteiger partial charge on any atom is -0.317 e. The maximum Gasteiger partial charge on any atom is 0.145 e. The van der Waals surface area contributed by atoms with Crippen LogP contribution in [0.5, 0.6) is 0 Å². The largest absolute Gasteiger partial charge is 0.317 e. The van der Waals surface area contributed by atoms with Gasteiger partial charge >= 0.3 is 0 Å². The van der Waals surface area contributed by atoms with E-state index in [9.17, 15) is 4.79 Å². The molecule has 2 fully saturated rings. The molecule has 0 aromatic heterocycles. The highest BCUT2D eigenvalue weighted by Crippen LogP contribution is 2.41. The van der Waals surface area contributed by atoms with Crippen LogP contribution in [-0.4, -0.2) is 19.4 Å². The van der Waals surface area contributed by atoms with Crippen molar-refractivity contribution in [1.82, 2.24) is 5.32 Å². The standard InChI is InChI=1S/C18H35N.C4H6O/c1-3-4-5-6-15-7-9-16(10-8-15)17-11-13-18(19-2)14-12-17;1-4(2)3-5/h15-19H,3-14H2,1-2H3;3H,1H2,2H3. The Kier molecular flexibility index (Phi) is 11.3. The fourth-order valence-electron chi connectivity index (χ4n) is 4.51. The van der Waals surface area contributed by atoms with E-state index in [1.54, 1.807) is 32.6 Å². The van der Waals surface area contributed by atoms with Crippen LogP contribution >= 0.6 is 0 Å². The monoisotopic (exact) mass is 335 g/mol. The Bertz CT molecular complexity index is 336. The summed E-state index contributed by atoms with van der Waals surface area (Å²) in [7, 11) is 2.13. The summed E-state index contributed by atoms with van der Waals surface area (Å²) < 4.78 is 0. The number of nitrogens with one attached hydrogen (secondary N) is 1. The first-order valence-electron chi connectivity index (χ1n) is 10.4. The smallest absolute Gasteiger partial charge is 0.145 e. The summed E-state index contributed by atoms with van der Waals surface area (Å²) in [6.07, 6.45) is 18.6. The third kappa shape index (κ3) is 8.46. The van der Waals surface area contributed by atoms with Crippen LogP contribution in [0, 0.1) is 17.8 Å². The van der Waals surface area contributed by atoms with Crippen LogP contribution in [0.2, 0.25) is 0 Å². The van der Waals surface area contributed by atoms with Gasteiger partial charge in [-0.15, -0.1) is 0 Å². The molecule has 2 rings (SSSR count). The van der Waals surface area contributed by atoms with E-state index in [-0.39, 0.29) is 0 Å². The van der Waals surface area contributed by atoms with Gasteiger partial charge in [0.2, 0.25) is 0 Å². The van der Waals surface area contributed by atoms with E-state index >= 15 is 0 Å². The maximum absolute atomic E-state index is 9.41. The summed E-state index contributed by atoms with van der Waals surface area (Å²) in [4.78, 5) is 9.41. The van der Waals surface area contributed by atoms with E-state index in [1.165, 1.54) is 51.4 Å². The van der Waals surface area contributed by atoms with Crippen molar-refractivity contribution in [3.63, 3.8) is 0 Å². The maximum atomic E-state index is 9.41. The van der Waals surface area contributed by atoms with E-state index in [0.717, 1.165) is 30.1 Å². The molecule has 0 unspecified atom stereocenters. The molecule has 0 saturated heterocycles. The molecule has 140 valence electrons. The fourth-order valence-corrected chi connectivity index (χ4v) is 4.51. The molecule has 0 radical (unpaired) electrons. The van der Waals surface area contributed by atoms with Gasteiger partial charge in [-0.05, 0) is 75.8 Å². The SMILES string of the molecule is C=C(C)C=O.CCCCCC1CCC(C2CCC(NC)CC2)CC1. The molecular formula is C22H41NO. The van der Waals surface area contributed by atoms with Crippen LogP contribution in [-0.2, 0) is 4.79 Å².